The number of nitrogens with one attached hydrogen (secondary N) is 1. The predicted octanol–water partition coefficient (Wildman–Crippen LogP) is 3.41. The van der Waals surface area contributed by atoms with Crippen LogP contribution in [0.25, 0.3) is 16.0 Å². The summed E-state index contributed by atoms with van der Waals surface area (Å²) in [6.45, 7) is 7.60. The third kappa shape index (κ3) is 4.38. The fourth-order valence-corrected chi connectivity index (χ4v) is 4.55. The molecule has 0 aliphatic heterocycles. The SMILES string of the molecule is CCOc1ccccc1CNC(=O)CCc1nnc2n(CC(C)C)c(=O)c3sccc3n12. The van der Waals surface area contributed by atoms with Crippen LogP contribution in [0.3, 0.4) is 0 Å². The molecule has 3 aromatic heterocycles. The first-order valence-electron chi connectivity index (χ1n) is 10.8. The van der Waals surface area contributed by atoms with Gasteiger partial charge in [0.05, 0.1) is 12.1 Å². The molecule has 1 amide bonds. The van der Waals surface area contributed by atoms with Crippen LogP contribution in [0.1, 0.15) is 38.6 Å². The lowest BCUT2D eigenvalue weighted by molar-refractivity contribution is -0.121. The maximum atomic E-state index is 12.9. The lowest BCUT2D eigenvalue weighted by atomic mass is 10.2. The molecule has 4 rings (SSSR count). The number of carbonyl (C=O) groups is 1. The normalized spacial score (nSPS) is 11.5. The summed E-state index contributed by atoms with van der Waals surface area (Å²) < 4.78 is 9.89. The first-order valence-corrected chi connectivity index (χ1v) is 11.7. The van der Waals surface area contributed by atoms with Gasteiger partial charge in [-0.25, -0.2) is 0 Å². The Morgan fingerprint density at radius 1 is 1.22 bits per heavy atom. The van der Waals surface area contributed by atoms with E-state index in [2.05, 4.69) is 29.4 Å². The van der Waals surface area contributed by atoms with Crippen LogP contribution in [-0.4, -0.2) is 31.7 Å². The zero-order valence-electron chi connectivity index (χ0n) is 18.5. The summed E-state index contributed by atoms with van der Waals surface area (Å²) in [5.41, 5.74) is 1.69. The van der Waals surface area contributed by atoms with Crippen molar-refractivity contribution in [2.45, 2.75) is 46.7 Å². The van der Waals surface area contributed by atoms with E-state index in [0.29, 0.717) is 48.3 Å². The number of aryl methyl sites for hydroxylation is 1. The number of nitrogens with zero attached hydrogens (tertiary/aromatic N) is 4. The van der Waals surface area contributed by atoms with Crippen molar-refractivity contribution >= 4 is 33.2 Å². The summed E-state index contributed by atoms with van der Waals surface area (Å²) in [6, 6.07) is 9.59. The van der Waals surface area contributed by atoms with Gasteiger partial charge in [-0.05, 0) is 30.4 Å². The van der Waals surface area contributed by atoms with Gasteiger partial charge in [0, 0.05) is 31.5 Å². The molecule has 1 aromatic carbocycles. The molecule has 0 fully saturated rings. The Morgan fingerprint density at radius 3 is 2.81 bits per heavy atom. The van der Waals surface area contributed by atoms with Crippen LogP contribution < -0.4 is 15.6 Å². The zero-order valence-corrected chi connectivity index (χ0v) is 19.3. The number of benzene rings is 1. The molecule has 0 atom stereocenters. The van der Waals surface area contributed by atoms with Crippen molar-refractivity contribution in [2.75, 3.05) is 6.61 Å². The predicted molar refractivity (Wildman–Crippen MR) is 125 cm³/mol. The van der Waals surface area contributed by atoms with Gasteiger partial charge in [0.15, 0.2) is 0 Å². The van der Waals surface area contributed by atoms with Crippen LogP contribution >= 0.6 is 11.3 Å². The standard InChI is InChI=1S/C23H27N5O3S/c1-4-31-18-8-6-5-7-16(18)13-24-20(29)10-9-19-25-26-23-27(14-15(2)3)22(30)21-17(28(19)23)11-12-32-21/h5-8,11-12,15H,4,9-10,13-14H2,1-3H3,(H,24,29). The highest BCUT2D eigenvalue weighted by molar-refractivity contribution is 7.17. The van der Waals surface area contributed by atoms with E-state index in [1.54, 1.807) is 4.57 Å². The third-order valence-electron chi connectivity index (χ3n) is 5.15. The van der Waals surface area contributed by atoms with Crippen LogP contribution in [0.5, 0.6) is 5.75 Å². The van der Waals surface area contributed by atoms with Crippen molar-refractivity contribution in [3.8, 4) is 5.75 Å². The number of para-hydroxylation sites is 1. The molecular weight excluding hydrogens is 426 g/mol. The summed E-state index contributed by atoms with van der Waals surface area (Å²) in [5, 5.41) is 13.5. The second kappa shape index (κ2) is 9.52. The maximum Gasteiger partial charge on any atom is 0.272 e. The van der Waals surface area contributed by atoms with Crippen molar-refractivity contribution in [1.29, 1.82) is 0 Å². The Hall–Kier alpha value is -3.20. The molecule has 32 heavy (non-hydrogen) atoms. The minimum atomic E-state index is -0.0786. The third-order valence-corrected chi connectivity index (χ3v) is 6.04. The molecule has 4 aromatic rings. The van der Waals surface area contributed by atoms with Gasteiger partial charge in [-0.15, -0.1) is 21.5 Å². The number of amides is 1. The summed E-state index contributed by atoms with van der Waals surface area (Å²) in [4.78, 5) is 25.5. The van der Waals surface area contributed by atoms with Crippen LogP contribution in [-0.2, 0) is 24.3 Å². The summed E-state index contributed by atoms with van der Waals surface area (Å²) in [5.74, 6) is 2.19. The van der Waals surface area contributed by atoms with Gasteiger partial charge < -0.3 is 10.1 Å². The number of ether oxygens (including phenoxy) is 1. The Kier molecular flexibility index (Phi) is 6.55. The number of carbonyl (C=O) groups excluding carboxylic acids is 1. The highest BCUT2D eigenvalue weighted by Crippen LogP contribution is 2.21. The van der Waals surface area contributed by atoms with Gasteiger partial charge in [-0.3, -0.25) is 18.6 Å². The Bertz CT molecular complexity index is 1300. The van der Waals surface area contributed by atoms with E-state index in [1.807, 2.05) is 47.0 Å². The van der Waals surface area contributed by atoms with Gasteiger partial charge in [0.25, 0.3) is 5.56 Å². The van der Waals surface area contributed by atoms with E-state index in [4.69, 9.17) is 4.74 Å². The molecule has 0 aliphatic carbocycles. The molecule has 0 saturated carbocycles. The van der Waals surface area contributed by atoms with Gasteiger partial charge in [0.1, 0.15) is 16.3 Å². The highest BCUT2D eigenvalue weighted by Gasteiger charge is 2.18. The van der Waals surface area contributed by atoms with E-state index in [9.17, 15) is 9.59 Å². The van der Waals surface area contributed by atoms with Crippen LogP contribution in [0.2, 0.25) is 0 Å². The average molecular weight is 454 g/mol. The van der Waals surface area contributed by atoms with E-state index >= 15 is 0 Å². The van der Waals surface area contributed by atoms with Crippen molar-refractivity contribution < 1.29 is 9.53 Å². The molecule has 0 radical (unpaired) electrons. The fourth-order valence-electron chi connectivity index (χ4n) is 3.73. The molecule has 0 aliphatic rings. The number of rotatable bonds is 9. The fraction of sp³-hybridized carbons (Fsp3) is 0.391. The molecule has 9 heteroatoms. The van der Waals surface area contributed by atoms with Gasteiger partial charge in [-0.1, -0.05) is 32.0 Å². The average Bonchev–Trinajstić information content (AvgIpc) is 3.41. The van der Waals surface area contributed by atoms with Crippen LogP contribution in [0, 0.1) is 5.92 Å². The second-order valence-corrected chi connectivity index (χ2v) is 8.93. The van der Waals surface area contributed by atoms with Crippen molar-refractivity contribution in [3.63, 3.8) is 0 Å². The summed E-state index contributed by atoms with van der Waals surface area (Å²) in [6.07, 6.45) is 0.692. The molecule has 3 heterocycles. The Morgan fingerprint density at radius 2 is 2.03 bits per heavy atom. The maximum absolute atomic E-state index is 12.9. The minimum absolute atomic E-state index is 0.0409. The van der Waals surface area contributed by atoms with E-state index in [0.717, 1.165) is 16.8 Å². The Balaban J connectivity index is 1.52. The smallest absolute Gasteiger partial charge is 0.272 e. The number of aromatic nitrogens is 4. The van der Waals surface area contributed by atoms with Crippen LogP contribution in [0.4, 0.5) is 0 Å². The van der Waals surface area contributed by atoms with Gasteiger partial charge in [-0.2, -0.15) is 0 Å². The molecular formula is C23H27N5O3S. The van der Waals surface area contributed by atoms with E-state index < -0.39 is 0 Å². The van der Waals surface area contributed by atoms with Gasteiger partial charge >= 0.3 is 0 Å². The quantitative estimate of drug-likeness (QED) is 0.419. The highest BCUT2D eigenvalue weighted by atomic mass is 32.1. The summed E-state index contributed by atoms with van der Waals surface area (Å²) in [7, 11) is 0. The molecule has 0 unspecified atom stereocenters. The molecule has 0 saturated heterocycles. The van der Waals surface area contributed by atoms with E-state index in [1.165, 1.54) is 11.3 Å². The summed E-state index contributed by atoms with van der Waals surface area (Å²) >= 11 is 1.42. The monoisotopic (exact) mass is 453 g/mol. The molecule has 1 N–H and O–H groups in total. The zero-order chi connectivity index (χ0) is 22.7. The van der Waals surface area contributed by atoms with Gasteiger partial charge in [0.2, 0.25) is 11.7 Å². The Labute approximate surface area is 189 Å². The minimum Gasteiger partial charge on any atom is -0.494 e. The number of hydrogen-bond acceptors (Lipinski definition) is 6. The lowest BCUT2D eigenvalue weighted by Gasteiger charge is -2.12. The van der Waals surface area contributed by atoms with Crippen molar-refractivity contribution in [3.05, 3.63) is 57.5 Å². The first kappa shape index (κ1) is 22.0. The molecule has 168 valence electrons. The van der Waals surface area contributed by atoms with Crippen molar-refractivity contribution in [1.82, 2.24) is 24.5 Å². The molecule has 0 bridgehead atoms. The number of fused-ring (bicyclic) bond motifs is 3. The largest absolute Gasteiger partial charge is 0.494 e. The topological polar surface area (TPSA) is 90.5 Å². The number of hydrogen-bond donors (Lipinski definition) is 1. The first-order chi connectivity index (χ1) is 15.5. The van der Waals surface area contributed by atoms with Crippen LogP contribution in [0.15, 0.2) is 40.5 Å². The van der Waals surface area contributed by atoms with Crippen molar-refractivity contribution in [2.24, 2.45) is 5.92 Å². The van der Waals surface area contributed by atoms with E-state index in [-0.39, 0.29) is 17.9 Å². The molecule has 0 spiro atoms. The lowest BCUT2D eigenvalue weighted by Crippen LogP contribution is -2.25. The number of thiophene rings is 1. The molecule has 8 nitrogen and oxygen atoms in total. The second-order valence-electron chi connectivity index (χ2n) is 8.01.